The van der Waals surface area contributed by atoms with Gasteiger partial charge in [0.2, 0.25) is 0 Å². The number of hydrogen-bond acceptors (Lipinski definition) is 3. The van der Waals surface area contributed by atoms with Crippen LogP contribution in [0, 0.1) is 5.92 Å². The summed E-state index contributed by atoms with van der Waals surface area (Å²) in [6, 6.07) is 15.7. The van der Waals surface area contributed by atoms with Crippen molar-refractivity contribution in [2.24, 2.45) is 10.9 Å². The van der Waals surface area contributed by atoms with E-state index < -0.39 is 0 Å². The van der Waals surface area contributed by atoms with Gasteiger partial charge >= 0.3 is 0 Å². The third-order valence-corrected chi connectivity index (χ3v) is 6.26. The molecule has 2 saturated heterocycles. The lowest BCUT2D eigenvalue weighted by Gasteiger charge is -2.34. The molecule has 0 amide bonds. The molecule has 2 aromatic rings. The predicted molar refractivity (Wildman–Crippen MR) is 136 cm³/mol. The number of ether oxygens (including phenoxy) is 1. The first-order chi connectivity index (χ1) is 14.3. The highest BCUT2D eigenvalue weighted by atomic mass is 127. The Morgan fingerprint density at radius 3 is 2.67 bits per heavy atom. The SMILES string of the molecule is CN=C(NCCc1cccc2ccccc12)NC1CCN(CC2CCOC2)CC1.I. The number of benzene rings is 2. The van der Waals surface area contributed by atoms with Gasteiger partial charge in [-0.3, -0.25) is 4.99 Å². The number of aliphatic imine (C=N–C) groups is 1. The first-order valence-electron chi connectivity index (χ1n) is 11.1. The molecular formula is C24H35IN4O. The zero-order valence-corrected chi connectivity index (χ0v) is 20.3. The molecule has 4 rings (SSSR count). The maximum atomic E-state index is 5.52. The summed E-state index contributed by atoms with van der Waals surface area (Å²) in [6.45, 7) is 6.32. The summed E-state index contributed by atoms with van der Waals surface area (Å²) in [5, 5.41) is 9.80. The molecule has 0 bridgehead atoms. The van der Waals surface area contributed by atoms with Gasteiger partial charge in [-0.05, 0) is 47.9 Å². The highest BCUT2D eigenvalue weighted by Gasteiger charge is 2.24. The molecular weight excluding hydrogens is 487 g/mol. The van der Waals surface area contributed by atoms with Gasteiger partial charge in [-0.15, -0.1) is 24.0 Å². The van der Waals surface area contributed by atoms with Crippen LogP contribution in [0.1, 0.15) is 24.8 Å². The van der Waals surface area contributed by atoms with Crippen LogP contribution >= 0.6 is 24.0 Å². The van der Waals surface area contributed by atoms with Crippen molar-refractivity contribution in [2.45, 2.75) is 31.7 Å². The minimum absolute atomic E-state index is 0. The van der Waals surface area contributed by atoms with Crippen LogP contribution in [-0.2, 0) is 11.2 Å². The number of likely N-dealkylation sites (tertiary alicyclic amines) is 1. The van der Waals surface area contributed by atoms with E-state index in [0.717, 1.165) is 38.1 Å². The first kappa shape index (κ1) is 23.3. The van der Waals surface area contributed by atoms with Gasteiger partial charge in [0.25, 0.3) is 0 Å². The number of rotatable bonds is 6. The van der Waals surface area contributed by atoms with E-state index in [-0.39, 0.29) is 24.0 Å². The first-order valence-corrected chi connectivity index (χ1v) is 11.1. The Hall–Kier alpha value is -1.38. The number of nitrogens with zero attached hydrogens (tertiary/aromatic N) is 2. The summed E-state index contributed by atoms with van der Waals surface area (Å²) in [7, 11) is 1.86. The van der Waals surface area contributed by atoms with Crippen molar-refractivity contribution in [3.8, 4) is 0 Å². The average Bonchev–Trinajstić information content (AvgIpc) is 3.27. The van der Waals surface area contributed by atoms with Gasteiger partial charge in [0.05, 0.1) is 6.61 Å². The van der Waals surface area contributed by atoms with E-state index in [2.05, 4.69) is 63.0 Å². The van der Waals surface area contributed by atoms with Crippen molar-refractivity contribution in [1.29, 1.82) is 0 Å². The quantitative estimate of drug-likeness (QED) is 0.346. The highest BCUT2D eigenvalue weighted by Crippen LogP contribution is 2.19. The zero-order chi connectivity index (χ0) is 19.9. The molecule has 0 radical (unpaired) electrons. The Morgan fingerprint density at radius 2 is 1.90 bits per heavy atom. The van der Waals surface area contributed by atoms with Gasteiger partial charge in [-0.2, -0.15) is 0 Å². The van der Waals surface area contributed by atoms with Gasteiger partial charge in [0, 0.05) is 45.9 Å². The summed E-state index contributed by atoms with van der Waals surface area (Å²) in [5.41, 5.74) is 1.38. The van der Waals surface area contributed by atoms with E-state index in [1.807, 2.05) is 7.05 Å². The maximum absolute atomic E-state index is 5.52. The van der Waals surface area contributed by atoms with Crippen molar-refractivity contribution < 1.29 is 4.74 Å². The topological polar surface area (TPSA) is 48.9 Å². The smallest absolute Gasteiger partial charge is 0.191 e. The lowest BCUT2D eigenvalue weighted by molar-refractivity contribution is 0.150. The molecule has 164 valence electrons. The van der Waals surface area contributed by atoms with Crippen molar-refractivity contribution in [3.05, 3.63) is 48.0 Å². The minimum Gasteiger partial charge on any atom is -0.381 e. The van der Waals surface area contributed by atoms with Gasteiger partial charge < -0.3 is 20.3 Å². The zero-order valence-electron chi connectivity index (χ0n) is 18.0. The molecule has 2 heterocycles. The molecule has 1 atom stereocenters. The van der Waals surface area contributed by atoms with Gasteiger partial charge in [-0.1, -0.05) is 42.5 Å². The fourth-order valence-corrected chi connectivity index (χ4v) is 4.57. The number of halogens is 1. The lowest BCUT2D eigenvalue weighted by Crippen LogP contribution is -2.49. The second-order valence-corrected chi connectivity index (χ2v) is 8.34. The van der Waals surface area contributed by atoms with Crippen molar-refractivity contribution >= 4 is 40.7 Å². The van der Waals surface area contributed by atoms with Crippen LogP contribution in [0.4, 0.5) is 0 Å². The van der Waals surface area contributed by atoms with E-state index in [4.69, 9.17) is 4.74 Å². The molecule has 0 saturated carbocycles. The summed E-state index contributed by atoms with van der Waals surface area (Å²) >= 11 is 0. The molecule has 2 N–H and O–H groups in total. The maximum Gasteiger partial charge on any atom is 0.191 e. The summed E-state index contributed by atoms with van der Waals surface area (Å²) in [6.07, 6.45) is 4.57. The van der Waals surface area contributed by atoms with Crippen LogP contribution in [0.5, 0.6) is 0 Å². The van der Waals surface area contributed by atoms with Crippen LogP contribution in [0.3, 0.4) is 0 Å². The molecule has 0 spiro atoms. The third-order valence-electron chi connectivity index (χ3n) is 6.26. The summed E-state index contributed by atoms with van der Waals surface area (Å²) in [5.74, 6) is 1.66. The van der Waals surface area contributed by atoms with Crippen molar-refractivity contribution in [2.75, 3.05) is 46.4 Å². The Balaban J connectivity index is 0.00000256. The van der Waals surface area contributed by atoms with Crippen molar-refractivity contribution in [1.82, 2.24) is 15.5 Å². The van der Waals surface area contributed by atoms with E-state index in [9.17, 15) is 0 Å². The molecule has 30 heavy (non-hydrogen) atoms. The fraction of sp³-hybridized carbons (Fsp3) is 0.542. The van der Waals surface area contributed by atoms with Crippen LogP contribution < -0.4 is 10.6 Å². The van der Waals surface area contributed by atoms with Crippen LogP contribution in [-0.4, -0.2) is 63.3 Å². The number of fused-ring (bicyclic) bond motifs is 1. The second kappa shape index (κ2) is 11.9. The Bertz CT molecular complexity index is 808. The molecule has 2 aromatic carbocycles. The Morgan fingerprint density at radius 1 is 1.10 bits per heavy atom. The van der Waals surface area contributed by atoms with E-state index in [1.165, 1.54) is 55.2 Å². The number of guanidine groups is 1. The predicted octanol–water partition coefficient (Wildman–Crippen LogP) is 3.67. The van der Waals surface area contributed by atoms with E-state index in [0.29, 0.717) is 6.04 Å². The molecule has 5 nitrogen and oxygen atoms in total. The summed E-state index contributed by atoms with van der Waals surface area (Å²) in [4.78, 5) is 7.05. The van der Waals surface area contributed by atoms with Crippen LogP contribution in [0.15, 0.2) is 47.5 Å². The fourth-order valence-electron chi connectivity index (χ4n) is 4.57. The largest absolute Gasteiger partial charge is 0.381 e. The van der Waals surface area contributed by atoms with E-state index >= 15 is 0 Å². The second-order valence-electron chi connectivity index (χ2n) is 8.34. The van der Waals surface area contributed by atoms with Crippen LogP contribution in [0.25, 0.3) is 10.8 Å². The molecule has 6 heteroatoms. The normalized spacial score (nSPS) is 20.8. The van der Waals surface area contributed by atoms with E-state index in [1.54, 1.807) is 0 Å². The molecule has 2 aliphatic rings. The number of piperidine rings is 1. The minimum atomic E-state index is 0. The number of hydrogen-bond donors (Lipinski definition) is 2. The molecule has 1 unspecified atom stereocenters. The van der Waals surface area contributed by atoms with Crippen LogP contribution in [0.2, 0.25) is 0 Å². The third kappa shape index (κ3) is 6.31. The monoisotopic (exact) mass is 522 g/mol. The molecule has 2 fully saturated rings. The average molecular weight is 522 g/mol. The Labute approximate surface area is 197 Å². The van der Waals surface area contributed by atoms with Crippen molar-refractivity contribution in [3.63, 3.8) is 0 Å². The van der Waals surface area contributed by atoms with Gasteiger partial charge in [0.1, 0.15) is 0 Å². The number of nitrogens with one attached hydrogen (secondary N) is 2. The molecule has 2 aliphatic heterocycles. The lowest BCUT2D eigenvalue weighted by atomic mass is 10.0. The standard InChI is InChI=1S/C24H34N4O.HI/c1-25-24(26-13-9-21-7-4-6-20-5-2-3-8-23(20)21)27-22-10-14-28(15-11-22)17-19-12-16-29-18-19;/h2-8,19,22H,9-18H2,1H3,(H2,25,26,27);1H. The molecule has 0 aromatic heterocycles. The Kier molecular flexibility index (Phi) is 9.21. The van der Waals surface area contributed by atoms with Gasteiger partial charge in [-0.25, -0.2) is 0 Å². The highest BCUT2D eigenvalue weighted by molar-refractivity contribution is 14.0. The summed E-state index contributed by atoms with van der Waals surface area (Å²) < 4.78 is 5.52. The van der Waals surface area contributed by atoms with Gasteiger partial charge in [0.15, 0.2) is 5.96 Å². The molecule has 0 aliphatic carbocycles.